The highest BCUT2D eigenvalue weighted by atomic mass is 28.4. The van der Waals surface area contributed by atoms with Crippen molar-refractivity contribution in [3.63, 3.8) is 0 Å². The van der Waals surface area contributed by atoms with Crippen molar-refractivity contribution in [3.8, 4) is 0 Å². The number of benzene rings is 6. The van der Waals surface area contributed by atoms with Gasteiger partial charge in [0.2, 0.25) is 8.24 Å². The molecule has 3 nitrogen and oxygen atoms in total. The third-order valence-corrected chi connectivity index (χ3v) is 17.0. The Morgan fingerprint density at radius 2 is 0.707 bits per heavy atom. The van der Waals surface area contributed by atoms with E-state index in [1.54, 1.807) is 0 Å². The average molecular weight is 564 g/mol. The maximum Gasteiger partial charge on any atom is 0.245 e. The molecule has 5 heteroatoms. The Bertz CT molecular complexity index is 1540. The lowest BCUT2D eigenvalue weighted by molar-refractivity contribution is 1.46. The Kier molecular flexibility index (Phi) is 7.54. The van der Waals surface area contributed by atoms with Crippen LogP contribution in [0.5, 0.6) is 0 Å². The van der Waals surface area contributed by atoms with Gasteiger partial charge in [-0.1, -0.05) is 133 Å². The molecule has 0 spiro atoms. The van der Waals surface area contributed by atoms with Crippen LogP contribution < -0.4 is 41.6 Å². The van der Waals surface area contributed by atoms with Crippen molar-refractivity contribution in [1.82, 2.24) is 0 Å². The quantitative estimate of drug-likeness (QED) is 0.168. The highest BCUT2D eigenvalue weighted by Gasteiger charge is 2.49. The first kappa shape index (κ1) is 26.4. The molecule has 6 rings (SSSR count). The lowest BCUT2D eigenvalue weighted by atomic mass is 10.3. The molecule has 0 saturated carbocycles. The largest absolute Gasteiger partial charge is 0.409 e. The summed E-state index contributed by atoms with van der Waals surface area (Å²) in [6.07, 6.45) is 0. The van der Waals surface area contributed by atoms with Gasteiger partial charge >= 0.3 is 0 Å². The second-order valence-electron chi connectivity index (χ2n) is 10.2. The van der Waals surface area contributed by atoms with Gasteiger partial charge in [0, 0.05) is 17.1 Å². The number of hydrogen-bond acceptors (Lipinski definition) is 3. The minimum atomic E-state index is -2.92. The number of hydrogen-bond donors (Lipinski definition) is 2. The summed E-state index contributed by atoms with van der Waals surface area (Å²) in [5.74, 6) is 0. The van der Waals surface area contributed by atoms with E-state index in [4.69, 9.17) is 11.5 Å². The van der Waals surface area contributed by atoms with E-state index in [1.165, 1.54) is 31.6 Å². The van der Waals surface area contributed by atoms with Gasteiger partial charge in [0.15, 0.2) is 8.96 Å². The lowest BCUT2D eigenvalue weighted by Gasteiger charge is -2.49. The monoisotopic (exact) mass is 563 g/mol. The van der Waals surface area contributed by atoms with Crippen LogP contribution in [0.1, 0.15) is 0 Å². The number of para-hydroxylation sites is 1. The van der Waals surface area contributed by atoms with Crippen LogP contribution in [0.3, 0.4) is 0 Å². The molecule has 0 amide bonds. The molecule has 0 heterocycles. The minimum Gasteiger partial charge on any atom is -0.409 e. The molecule has 0 aromatic heterocycles. The van der Waals surface area contributed by atoms with Crippen molar-refractivity contribution in [2.75, 3.05) is 15.7 Å². The molecule has 0 aliphatic carbocycles. The van der Waals surface area contributed by atoms with Crippen molar-refractivity contribution in [1.29, 1.82) is 0 Å². The van der Waals surface area contributed by atoms with E-state index < -0.39 is 17.2 Å². The highest BCUT2D eigenvalue weighted by Crippen LogP contribution is 2.25. The van der Waals surface area contributed by atoms with Crippen LogP contribution in [0.4, 0.5) is 17.1 Å². The first-order valence-corrected chi connectivity index (χ1v) is 17.5. The SMILES string of the molecule is Nc1ccc([SiH](c2ccc(N)cc2)N(c2ccccc2)[Si](c2ccccc2)(c2ccccc2)c2ccccc2)cc1. The normalized spacial score (nSPS) is 11.3. The maximum absolute atomic E-state index is 6.23. The predicted molar refractivity (Wildman–Crippen MR) is 181 cm³/mol. The molecule has 41 heavy (non-hydrogen) atoms. The van der Waals surface area contributed by atoms with Crippen LogP contribution in [0, 0.1) is 0 Å². The topological polar surface area (TPSA) is 55.3 Å². The molecule has 0 saturated heterocycles. The minimum absolute atomic E-state index is 0.766. The fourth-order valence-corrected chi connectivity index (χ4v) is 16.7. The summed E-state index contributed by atoms with van der Waals surface area (Å²) in [4.78, 5) is 0. The fourth-order valence-electron chi connectivity index (χ4n) is 5.93. The van der Waals surface area contributed by atoms with Gasteiger partial charge in [-0.05, 0) is 62.3 Å². The predicted octanol–water partition coefficient (Wildman–Crippen LogP) is 3.86. The standard InChI is InChI=1S/C36H33N3Si2/c37-29-21-25-32(26-22-29)40(33-27-23-30(38)24-28-33)39(31-13-5-1-6-14-31)41(34-15-7-2-8-16-34,35-17-9-3-10-18-35)36-19-11-4-12-20-36/h1-28,40H,37-38H2. The highest BCUT2D eigenvalue weighted by molar-refractivity contribution is 7.21. The molecule has 0 aliphatic heterocycles. The van der Waals surface area contributed by atoms with Crippen molar-refractivity contribution in [2.45, 2.75) is 0 Å². The van der Waals surface area contributed by atoms with E-state index in [2.05, 4.69) is 150 Å². The molecule has 6 aromatic carbocycles. The molecular weight excluding hydrogens is 531 g/mol. The van der Waals surface area contributed by atoms with Crippen molar-refractivity contribution < 1.29 is 0 Å². The van der Waals surface area contributed by atoms with E-state index in [1.807, 2.05) is 24.3 Å². The molecule has 0 bridgehead atoms. The summed E-state index contributed by atoms with van der Waals surface area (Å²) in [6, 6.07) is 61.3. The number of nitrogen functional groups attached to an aromatic ring is 2. The van der Waals surface area contributed by atoms with Gasteiger partial charge < -0.3 is 15.7 Å². The van der Waals surface area contributed by atoms with Gasteiger partial charge in [0.05, 0.1) is 0 Å². The summed E-state index contributed by atoms with van der Waals surface area (Å²) in [5, 5.41) is 6.61. The van der Waals surface area contributed by atoms with Gasteiger partial charge in [-0.15, -0.1) is 0 Å². The van der Waals surface area contributed by atoms with Crippen LogP contribution >= 0.6 is 0 Å². The molecule has 0 atom stereocenters. The van der Waals surface area contributed by atoms with Crippen LogP contribution in [0.15, 0.2) is 170 Å². The van der Waals surface area contributed by atoms with Crippen molar-refractivity contribution >= 4 is 60.2 Å². The molecule has 0 unspecified atom stereocenters. The lowest BCUT2D eigenvalue weighted by Crippen LogP contribution is -2.83. The van der Waals surface area contributed by atoms with Gasteiger partial charge in [-0.3, -0.25) is 0 Å². The van der Waals surface area contributed by atoms with Gasteiger partial charge in [-0.2, -0.15) is 0 Å². The number of anilines is 3. The zero-order valence-electron chi connectivity index (χ0n) is 22.8. The van der Waals surface area contributed by atoms with Gasteiger partial charge in [0.25, 0.3) is 0 Å². The number of rotatable bonds is 8. The number of nitrogens with two attached hydrogens (primary N) is 2. The van der Waals surface area contributed by atoms with E-state index in [0.29, 0.717) is 0 Å². The third-order valence-electron chi connectivity index (χ3n) is 7.73. The summed E-state index contributed by atoms with van der Waals surface area (Å²) in [5.41, 5.74) is 15.2. The Balaban J connectivity index is 1.78. The molecule has 6 aromatic rings. The number of nitrogens with zero attached hydrogens (tertiary/aromatic N) is 1. The van der Waals surface area contributed by atoms with Crippen molar-refractivity contribution in [2.24, 2.45) is 0 Å². The maximum atomic E-state index is 6.23. The van der Waals surface area contributed by atoms with E-state index in [-0.39, 0.29) is 0 Å². The van der Waals surface area contributed by atoms with Crippen LogP contribution in [-0.2, 0) is 0 Å². The second-order valence-corrected chi connectivity index (χ2v) is 17.1. The van der Waals surface area contributed by atoms with E-state index in [9.17, 15) is 0 Å². The van der Waals surface area contributed by atoms with E-state index >= 15 is 0 Å². The van der Waals surface area contributed by atoms with Crippen LogP contribution in [0.2, 0.25) is 0 Å². The van der Waals surface area contributed by atoms with Gasteiger partial charge in [-0.25, -0.2) is 0 Å². The first-order chi connectivity index (χ1) is 20.2. The van der Waals surface area contributed by atoms with Crippen LogP contribution in [0.25, 0.3) is 0 Å². The Labute approximate surface area is 245 Å². The zero-order chi connectivity index (χ0) is 28.1. The average Bonchev–Trinajstić information content (AvgIpc) is 3.04. The van der Waals surface area contributed by atoms with E-state index in [0.717, 1.165) is 11.4 Å². The summed E-state index contributed by atoms with van der Waals surface area (Å²) in [7, 11) is -5.10. The Morgan fingerprint density at radius 3 is 1.05 bits per heavy atom. The summed E-state index contributed by atoms with van der Waals surface area (Å²) in [6.45, 7) is 0. The molecule has 200 valence electrons. The molecule has 4 N–H and O–H groups in total. The van der Waals surface area contributed by atoms with Gasteiger partial charge in [0.1, 0.15) is 0 Å². The molecular formula is C36H33N3Si2. The molecule has 0 fully saturated rings. The first-order valence-electron chi connectivity index (χ1n) is 13.9. The third kappa shape index (κ3) is 5.09. The smallest absolute Gasteiger partial charge is 0.245 e. The Morgan fingerprint density at radius 1 is 0.390 bits per heavy atom. The summed E-state index contributed by atoms with van der Waals surface area (Å²) < 4.78 is 2.84. The molecule has 0 aliphatic rings. The van der Waals surface area contributed by atoms with Crippen LogP contribution in [-0.4, -0.2) is 17.2 Å². The second kappa shape index (κ2) is 11.7. The zero-order valence-corrected chi connectivity index (χ0v) is 25.0. The summed E-state index contributed by atoms with van der Waals surface area (Å²) >= 11 is 0. The Hall–Kier alpha value is -4.85. The fraction of sp³-hybridized carbons (Fsp3) is 0. The molecule has 0 radical (unpaired) electrons. The van der Waals surface area contributed by atoms with Crippen molar-refractivity contribution in [3.05, 3.63) is 170 Å².